The third-order valence-electron chi connectivity index (χ3n) is 16.0. The molecule has 0 saturated carbocycles. The third-order valence-corrected chi connectivity index (χ3v) is 16.0. The molecule has 9 heteroatoms. The van der Waals surface area contributed by atoms with Crippen LogP contribution in [0, 0.1) is 0 Å². The minimum atomic E-state index is -1.62. The number of hydrogen-bond donors (Lipinski definition) is 0. The van der Waals surface area contributed by atoms with Crippen molar-refractivity contribution in [1.29, 1.82) is 0 Å². The van der Waals surface area contributed by atoms with Gasteiger partial charge in [0.05, 0.1) is 40.3 Å². The van der Waals surface area contributed by atoms with Gasteiger partial charge < -0.3 is 33.3 Å². The van der Waals surface area contributed by atoms with Crippen molar-refractivity contribution >= 4 is 17.9 Å². The van der Waals surface area contributed by atoms with E-state index in [1.54, 1.807) is 0 Å². The average Bonchev–Trinajstić information content (AvgIpc) is 3.48. The summed E-state index contributed by atoms with van der Waals surface area (Å²) in [7, 11) is 5.94. The molecular formula is C76H137NO8. The summed E-state index contributed by atoms with van der Waals surface area (Å²) in [4.78, 5) is 37.5. The smallest absolute Gasteiger partial charge is 0.306 e. The molecule has 0 aliphatic rings. The van der Waals surface area contributed by atoms with Gasteiger partial charge in [0, 0.05) is 12.8 Å². The summed E-state index contributed by atoms with van der Waals surface area (Å²) in [6.45, 7) is 4.69. The maximum atomic E-state index is 12.9. The molecule has 0 spiro atoms. The lowest BCUT2D eigenvalue weighted by atomic mass is 10.0. The fourth-order valence-corrected chi connectivity index (χ4v) is 10.5. The summed E-state index contributed by atoms with van der Waals surface area (Å²) in [5, 5.41) is 11.8. The number of likely N-dealkylation sites (N-methyl/N-ethyl adjacent to an activating group) is 1. The van der Waals surface area contributed by atoms with Gasteiger partial charge in [-0.3, -0.25) is 9.59 Å². The molecule has 0 rings (SSSR count). The Morgan fingerprint density at radius 1 is 0.365 bits per heavy atom. The normalized spacial score (nSPS) is 13.1. The second-order valence-electron chi connectivity index (χ2n) is 25.5. The zero-order chi connectivity index (χ0) is 61.9. The fourth-order valence-electron chi connectivity index (χ4n) is 10.5. The van der Waals surface area contributed by atoms with Gasteiger partial charge in [0.15, 0.2) is 12.4 Å². The van der Waals surface area contributed by atoms with Gasteiger partial charge in [-0.1, -0.05) is 331 Å². The molecule has 0 aromatic rings. The van der Waals surface area contributed by atoms with Crippen LogP contribution in [-0.2, 0) is 33.3 Å². The van der Waals surface area contributed by atoms with Gasteiger partial charge in [0.2, 0.25) is 0 Å². The fraction of sp³-hybridized carbons (Fsp3) is 0.803. The van der Waals surface area contributed by atoms with Crippen LogP contribution in [0.1, 0.15) is 335 Å². The van der Waals surface area contributed by atoms with Crippen LogP contribution in [0.5, 0.6) is 0 Å². The number of carboxylic acid groups (broad SMARTS) is 1. The van der Waals surface area contributed by atoms with Crippen LogP contribution >= 0.6 is 0 Å². The molecule has 0 radical (unpaired) electrons. The van der Waals surface area contributed by atoms with Gasteiger partial charge in [-0.25, -0.2) is 0 Å². The predicted molar refractivity (Wildman–Crippen MR) is 361 cm³/mol. The second-order valence-corrected chi connectivity index (χ2v) is 25.5. The molecule has 0 amide bonds. The monoisotopic (exact) mass is 1190 g/mol. The standard InChI is InChI=1S/C76H137NO8/c1-6-8-10-12-14-16-18-20-22-24-26-28-30-31-32-33-34-35-36-37-38-39-40-41-42-43-45-47-49-51-53-55-57-59-61-63-65-67-74(79)85-72(71-84-76(75(80)81)82-69-68-77(3,4)5)70-83-73(78)66-64-62-60-58-56-54-52-50-48-46-44-29-27-25-23-21-19-17-15-13-11-9-7-2/h8,10,14,16,20,22,26,28,31-32,34-35,72,76H,6-7,9,11-13,15,17-19,21,23-25,27,29-30,33,36-71H2,1-5H3/b10-8-,16-14-,22-20-,28-26-,32-31-,35-34-. The van der Waals surface area contributed by atoms with Gasteiger partial charge in [0.1, 0.15) is 13.2 Å². The molecule has 494 valence electrons. The highest BCUT2D eigenvalue weighted by Gasteiger charge is 2.22. The molecule has 9 nitrogen and oxygen atoms in total. The Balaban J connectivity index is 4.04. The number of quaternary nitrogens is 1. The van der Waals surface area contributed by atoms with E-state index in [0.717, 1.165) is 70.6 Å². The summed E-state index contributed by atoms with van der Waals surface area (Å²) < 4.78 is 22.8. The highest BCUT2D eigenvalue weighted by molar-refractivity contribution is 5.70. The minimum Gasteiger partial charge on any atom is -0.545 e. The zero-order valence-corrected chi connectivity index (χ0v) is 56.5. The molecule has 2 unspecified atom stereocenters. The van der Waals surface area contributed by atoms with Crippen molar-refractivity contribution in [3.05, 3.63) is 72.9 Å². The quantitative estimate of drug-likeness (QED) is 0.0195. The number of aliphatic carboxylic acids is 1. The first kappa shape index (κ1) is 81.7. The van der Waals surface area contributed by atoms with E-state index in [4.69, 9.17) is 18.9 Å². The van der Waals surface area contributed by atoms with Gasteiger partial charge in [0.25, 0.3) is 0 Å². The van der Waals surface area contributed by atoms with Crippen molar-refractivity contribution in [3.63, 3.8) is 0 Å². The van der Waals surface area contributed by atoms with Crippen LogP contribution in [0.15, 0.2) is 72.9 Å². The molecule has 0 aromatic carbocycles. The van der Waals surface area contributed by atoms with E-state index in [-0.39, 0.29) is 32.2 Å². The van der Waals surface area contributed by atoms with Gasteiger partial charge in [-0.15, -0.1) is 0 Å². The van der Waals surface area contributed by atoms with E-state index >= 15 is 0 Å². The molecule has 0 saturated heterocycles. The molecule has 85 heavy (non-hydrogen) atoms. The third kappa shape index (κ3) is 68.1. The Labute approximate surface area is 526 Å². The lowest BCUT2D eigenvalue weighted by Gasteiger charge is -2.26. The first-order valence-electron chi connectivity index (χ1n) is 36.1. The van der Waals surface area contributed by atoms with Crippen LogP contribution in [0.3, 0.4) is 0 Å². The maximum absolute atomic E-state index is 12.9. The van der Waals surface area contributed by atoms with Crippen LogP contribution in [0.2, 0.25) is 0 Å². The van der Waals surface area contributed by atoms with Crippen LogP contribution in [0.25, 0.3) is 0 Å². The molecule has 0 heterocycles. The average molecular weight is 1190 g/mol. The first-order chi connectivity index (χ1) is 41.6. The number of rotatable bonds is 67. The van der Waals surface area contributed by atoms with E-state index in [2.05, 4.69) is 86.8 Å². The summed E-state index contributed by atoms with van der Waals surface area (Å²) in [5.41, 5.74) is 0. The van der Waals surface area contributed by atoms with E-state index in [0.29, 0.717) is 23.9 Å². The number of esters is 2. The molecule has 2 atom stereocenters. The molecule has 0 fully saturated rings. The summed E-state index contributed by atoms with van der Waals surface area (Å²) in [5.74, 6) is -2.26. The van der Waals surface area contributed by atoms with E-state index < -0.39 is 24.3 Å². The molecule has 0 N–H and O–H groups in total. The Bertz CT molecular complexity index is 1620. The Hall–Kier alpha value is -3.27. The Morgan fingerprint density at radius 2 is 0.671 bits per heavy atom. The Morgan fingerprint density at radius 3 is 1.00 bits per heavy atom. The summed E-state index contributed by atoms with van der Waals surface area (Å²) in [6, 6.07) is 0. The summed E-state index contributed by atoms with van der Waals surface area (Å²) >= 11 is 0. The lowest BCUT2D eigenvalue weighted by molar-refractivity contribution is -0.870. The van der Waals surface area contributed by atoms with E-state index in [1.165, 1.54) is 231 Å². The number of carbonyl (C=O) groups excluding carboxylic acids is 3. The van der Waals surface area contributed by atoms with E-state index in [9.17, 15) is 19.5 Å². The first-order valence-corrected chi connectivity index (χ1v) is 36.1. The molecular weight excluding hydrogens is 1050 g/mol. The Kier molecular flexibility index (Phi) is 64.1. The SMILES string of the molecule is CC/C=C\C/C=C\C/C=C\C/C=C\C/C=C\C/C=C\CCCCCCCCCCCCCCCCCCCCC(=O)OC(COC(=O)CCCCCCCCCCCCCCCCCCCCCCCCC)COC(OCC[N+](C)(C)C)C(=O)[O-]. The highest BCUT2D eigenvalue weighted by atomic mass is 16.7. The number of carboxylic acids is 1. The van der Waals surface area contributed by atoms with Gasteiger partial charge in [-0.05, 0) is 64.2 Å². The van der Waals surface area contributed by atoms with Crippen molar-refractivity contribution in [2.75, 3.05) is 47.5 Å². The van der Waals surface area contributed by atoms with Crippen molar-refractivity contribution in [1.82, 2.24) is 0 Å². The number of allylic oxidation sites excluding steroid dienone is 12. The number of ether oxygens (including phenoxy) is 4. The molecule has 0 bridgehead atoms. The lowest BCUT2D eigenvalue weighted by Crippen LogP contribution is -2.44. The van der Waals surface area contributed by atoms with Crippen molar-refractivity contribution in [3.8, 4) is 0 Å². The van der Waals surface area contributed by atoms with Crippen molar-refractivity contribution in [2.24, 2.45) is 0 Å². The van der Waals surface area contributed by atoms with Gasteiger partial charge in [-0.2, -0.15) is 0 Å². The predicted octanol–water partition coefficient (Wildman–Crippen LogP) is 21.1. The maximum Gasteiger partial charge on any atom is 0.306 e. The van der Waals surface area contributed by atoms with Crippen molar-refractivity contribution < 1.29 is 42.9 Å². The molecule has 0 aromatic heterocycles. The zero-order valence-electron chi connectivity index (χ0n) is 56.5. The number of carbonyl (C=O) groups is 3. The van der Waals surface area contributed by atoms with Gasteiger partial charge >= 0.3 is 11.9 Å². The number of nitrogens with zero attached hydrogens (tertiary/aromatic N) is 1. The number of unbranched alkanes of at least 4 members (excludes halogenated alkanes) is 40. The minimum absolute atomic E-state index is 0.149. The molecule has 0 aliphatic carbocycles. The largest absolute Gasteiger partial charge is 0.545 e. The van der Waals surface area contributed by atoms with E-state index in [1.807, 2.05) is 21.1 Å². The summed E-state index contributed by atoms with van der Waals surface area (Å²) in [6.07, 6.45) is 85.6. The second kappa shape index (κ2) is 66.7. The van der Waals surface area contributed by atoms with Crippen molar-refractivity contribution in [2.45, 2.75) is 347 Å². The number of hydrogen-bond acceptors (Lipinski definition) is 8. The van der Waals surface area contributed by atoms with Crippen LogP contribution < -0.4 is 5.11 Å². The highest BCUT2D eigenvalue weighted by Crippen LogP contribution is 2.19. The van der Waals surface area contributed by atoms with Crippen LogP contribution in [-0.4, -0.2) is 82.3 Å². The molecule has 0 aliphatic heterocycles. The topological polar surface area (TPSA) is 111 Å². The van der Waals surface area contributed by atoms with Crippen LogP contribution in [0.4, 0.5) is 0 Å².